The van der Waals surface area contributed by atoms with Crippen molar-refractivity contribution in [3.63, 3.8) is 0 Å². The van der Waals surface area contributed by atoms with E-state index < -0.39 is 0 Å². The average molecular weight is 404 g/mol. The minimum atomic E-state index is -0.334. The first-order valence-electron chi connectivity index (χ1n) is 8.73. The second kappa shape index (κ2) is 9.32. The Kier molecular flexibility index (Phi) is 6.60. The number of rotatable bonds is 8. The number of para-hydroxylation sites is 1. The van der Waals surface area contributed by atoms with Gasteiger partial charge in [0.05, 0.1) is 11.6 Å². The number of halogens is 2. The molecule has 3 rings (SSSR count). The van der Waals surface area contributed by atoms with Crippen LogP contribution in [0, 0.1) is 5.82 Å². The van der Waals surface area contributed by atoms with E-state index in [4.69, 9.17) is 20.9 Å². The summed E-state index contributed by atoms with van der Waals surface area (Å²) >= 11 is 6.03. The maximum Gasteiger partial charge on any atom is 0.227 e. The number of carbonyl (C=O) groups excluding carboxylic acids is 1. The zero-order valence-corrected chi connectivity index (χ0v) is 16.0. The summed E-state index contributed by atoms with van der Waals surface area (Å²) in [7, 11) is 1.70. The van der Waals surface area contributed by atoms with Gasteiger partial charge in [-0.05, 0) is 36.4 Å². The number of aryl methyl sites for hydroxylation is 1. The number of likely N-dealkylation sites (N-methyl/N-ethyl adjacent to an activating group) is 1. The van der Waals surface area contributed by atoms with Crippen molar-refractivity contribution in [3.05, 3.63) is 65.3 Å². The molecule has 0 atom stereocenters. The van der Waals surface area contributed by atoms with Gasteiger partial charge in [0, 0.05) is 25.5 Å². The molecule has 0 unspecified atom stereocenters. The van der Waals surface area contributed by atoms with Gasteiger partial charge >= 0.3 is 0 Å². The highest BCUT2D eigenvalue weighted by Crippen LogP contribution is 2.23. The SMILES string of the molecule is CN(CCOc1ccccc1Cl)C(=O)CCc1nc(-c2ccc(F)cc2)no1. The third-order valence-electron chi connectivity index (χ3n) is 4.07. The van der Waals surface area contributed by atoms with E-state index in [2.05, 4.69) is 10.1 Å². The monoisotopic (exact) mass is 403 g/mol. The van der Waals surface area contributed by atoms with Gasteiger partial charge in [0.1, 0.15) is 18.2 Å². The largest absolute Gasteiger partial charge is 0.490 e. The molecule has 1 heterocycles. The Hall–Kier alpha value is -2.93. The van der Waals surface area contributed by atoms with Gasteiger partial charge in [0.15, 0.2) is 0 Å². The molecule has 8 heteroatoms. The van der Waals surface area contributed by atoms with Crippen LogP contribution >= 0.6 is 11.6 Å². The van der Waals surface area contributed by atoms with E-state index >= 15 is 0 Å². The molecule has 6 nitrogen and oxygen atoms in total. The van der Waals surface area contributed by atoms with E-state index in [1.807, 2.05) is 12.1 Å². The van der Waals surface area contributed by atoms with Crippen molar-refractivity contribution in [2.45, 2.75) is 12.8 Å². The summed E-state index contributed by atoms with van der Waals surface area (Å²) in [5.41, 5.74) is 0.650. The van der Waals surface area contributed by atoms with E-state index in [1.54, 1.807) is 36.2 Å². The molecule has 2 aromatic carbocycles. The first-order chi connectivity index (χ1) is 13.5. The summed E-state index contributed by atoms with van der Waals surface area (Å²) in [5.74, 6) is 0.908. The molecule has 28 heavy (non-hydrogen) atoms. The lowest BCUT2D eigenvalue weighted by atomic mass is 10.2. The minimum Gasteiger partial charge on any atom is -0.490 e. The molecule has 0 saturated heterocycles. The highest BCUT2D eigenvalue weighted by molar-refractivity contribution is 6.32. The van der Waals surface area contributed by atoms with Crippen molar-refractivity contribution in [1.82, 2.24) is 15.0 Å². The van der Waals surface area contributed by atoms with E-state index in [1.165, 1.54) is 12.1 Å². The summed E-state index contributed by atoms with van der Waals surface area (Å²) < 4.78 is 23.7. The Labute approximate surface area is 166 Å². The predicted octanol–water partition coefficient (Wildman–Crippen LogP) is 4.00. The Morgan fingerprint density at radius 1 is 1.21 bits per heavy atom. The van der Waals surface area contributed by atoms with E-state index in [0.29, 0.717) is 47.6 Å². The number of nitrogens with zero attached hydrogens (tertiary/aromatic N) is 3. The number of hydrogen-bond acceptors (Lipinski definition) is 5. The fraction of sp³-hybridized carbons (Fsp3) is 0.250. The molecule has 0 bridgehead atoms. The van der Waals surface area contributed by atoms with Crippen molar-refractivity contribution in [2.24, 2.45) is 0 Å². The van der Waals surface area contributed by atoms with Gasteiger partial charge in [-0.2, -0.15) is 4.98 Å². The van der Waals surface area contributed by atoms with Crippen molar-refractivity contribution in [2.75, 3.05) is 20.2 Å². The Bertz CT molecular complexity index is 930. The van der Waals surface area contributed by atoms with Crippen LogP contribution in [-0.4, -0.2) is 41.1 Å². The second-order valence-electron chi connectivity index (χ2n) is 6.11. The first-order valence-corrected chi connectivity index (χ1v) is 9.10. The quantitative estimate of drug-likeness (QED) is 0.568. The van der Waals surface area contributed by atoms with Crippen LogP contribution in [0.2, 0.25) is 5.02 Å². The smallest absolute Gasteiger partial charge is 0.227 e. The number of carbonyl (C=O) groups is 1. The van der Waals surface area contributed by atoms with Crippen LogP contribution in [0.25, 0.3) is 11.4 Å². The summed E-state index contributed by atoms with van der Waals surface area (Å²) in [4.78, 5) is 18.1. The fourth-order valence-corrected chi connectivity index (χ4v) is 2.65. The second-order valence-corrected chi connectivity index (χ2v) is 6.52. The third kappa shape index (κ3) is 5.29. The molecule has 0 fully saturated rings. The molecule has 0 N–H and O–H groups in total. The van der Waals surface area contributed by atoms with Crippen molar-refractivity contribution >= 4 is 17.5 Å². The van der Waals surface area contributed by atoms with E-state index in [-0.39, 0.29) is 18.1 Å². The number of ether oxygens (including phenoxy) is 1. The lowest BCUT2D eigenvalue weighted by Gasteiger charge is -2.17. The lowest BCUT2D eigenvalue weighted by molar-refractivity contribution is -0.130. The molecule has 1 aromatic heterocycles. The molecule has 0 radical (unpaired) electrons. The van der Waals surface area contributed by atoms with E-state index in [9.17, 15) is 9.18 Å². The van der Waals surface area contributed by atoms with Gasteiger partial charge in [0.2, 0.25) is 17.6 Å². The highest BCUT2D eigenvalue weighted by atomic mass is 35.5. The molecule has 0 saturated carbocycles. The van der Waals surface area contributed by atoms with Crippen LogP contribution in [0.1, 0.15) is 12.3 Å². The van der Waals surface area contributed by atoms with Crippen LogP contribution in [0.5, 0.6) is 5.75 Å². The molecule has 0 aliphatic rings. The van der Waals surface area contributed by atoms with Gasteiger partial charge in [-0.1, -0.05) is 28.9 Å². The van der Waals surface area contributed by atoms with Crippen molar-refractivity contribution < 1.29 is 18.4 Å². The van der Waals surface area contributed by atoms with Crippen LogP contribution in [0.3, 0.4) is 0 Å². The molecule has 0 aliphatic carbocycles. The van der Waals surface area contributed by atoms with Gasteiger partial charge < -0.3 is 14.2 Å². The van der Waals surface area contributed by atoms with Crippen molar-refractivity contribution in [3.8, 4) is 17.1 Å². The van der Waals surface area contributed by atoms with Gasteiger partial charge in [-0.3, -0.25) is 4.79 Å². The Morgan fingerprint density at radius 3 is 2.71 bits per heavy atom. The lowest BCUT2D eigenvalue weighted by Crippen LogP contribution is -2.31. The number of amides is 1. The first kappa shape index (κ1) is 19.8. The van der Waals surface area contributed by atoms with Crippen LogP contribution in [-0.2, 0) is 11.2 Å². The molecule has 146 valence electrons. The van der Waals surface area contributed by atoms with E-state index in [0.717, 1.165) is 0 Å². The topological polar surface area (TPSA) is 68.5 Å². The van der Waals surface area contributed by atoms with Crippen molar-refractivity contribution in [1.29, 1.82) is 0 Å². The molecule has 1 amide bonds. The maximum absolute atomic E-state index is 13.0. The molecule has 3 aromatic rings. The minimum absolute atomic E-state index is 0.0655. The highest BCUT2D eigenvalue weighted by Gasteiger charge is 2.13. The fourth-order valence-electron chi connectivity index (χ4n) is 2.46. The number of hydrogen-bond donors (Lipinski definition) is 0. The Morgan fingerprint density at radius 2 is 1.96 bits per heavy atom. The van der Waals surface area contributed by atoms with Gasteiger partial charge in [-0.25, -0.2) is 4.39 Å². The van der Waals surface area contributed by atoms with Gasteiger partial charge in [0.25, 0.3) is 0 Å². The zero-order chi connectivity index (χ0) is 19.9. The summed E-state index contributed by atoms with van der Waals surface area (Å²) in [6.45, 7) is 0.760. The third-order valence-corrected chi connectivity index (χ3v) is 4.38. The maximum atomic E-state index is 13.0. The summed E-state index contributed by atoms with van der Waals surface area (Å²) in [5, 5.41) is 4.40. The molecular weight excluding hydrogens is 385 g/mol. The predicted molar refractivity (Wildman–Crippen MR) is 103 cm³/mol. The average Bonchev–Trinajstić information content (AvgIpc) is 3.17. The molecule has 0 spiro atoms. The van der Waals surface area contributed by atoms with Crippen LogP contribution < -0.4 is 4.74 Å². The van der Waals surface area contributed by atoms with Gasteiger partial charge in [-0.15, -0.1) is 0 Å². The summed E-state index contributed by atoms with van der Waals surface area (Å²) in [6.07, 6.45) is 0.552. The van der Waals surface area contributed by atoms with Crippen LogP contribution in [0.4, 0.5) is 4.39 Å². The molecule has 0 aliphatic heterocycles. The zero-order valence-electron chi connectivity index (χ0n) is 15.3. The Balaban J connectivity index is 1.44. The standard InChI is InChI=1S/C20H19ClFN3O3/c1-25(12-13-27-17-5-3-2-4-16(17)21)19(26)11-10-18-23-20(24-28-18)14-6-8-15(22)9-7-14/h2-9H,10-13H2,1H3. The normalized spacial score (nSPS) is 10.7. The number of benzene rings is 2. The summed E-state index contributed by atoms with van der Waals surface area (Å²) in [6, 6.07) is 13.0. The molecular formula is C20H19ClFN3O3. The number of aromatic nitrogens is 2. The van der Waals surface area contributed by atoms with Crippen LogP contribution in [0.15, 0.2) is 53.1 Å².